The maximum atomic E-state index is 5.31. The molecule has 2 heterocycles. The fourth-order valence-electron chi connectivity index (χ4n) is 3.11. The molecule has 2 aromatic heterocycles. The van der Waals surface area contributed by atoms with Crippen LogP contribution in [0, 0.1) is 0 Å². The highest BCUT2D eigenvalue weighted by Crippen LogP contribution is 2.49. The molecule has 1 aromatic carbocycles. The predicted molar refractivity (Wildman–Crippen MR) is 123 cm³/mol. The van der Waals surface area contributed by atoms with Crippen molar-refractivity contribution in [3.8, 4) is 11.6 Å². The average molecular weight is 557 g/mol. The highest BCUT2D eigenvalue weighted by atomic mass is 127. The third-order valence-electron chi connectivity index (χ3n) is 4.81. The number of halogens is 2. The van der Waals surface area contributed by atoms with Crippen LogP contribution < -0.4 is 10.6 Å². The Labute approximate surface area is 189 Å². The number of aromatic amines is 1. The second-order valence-corrected chi connectivity index (χ2v) is 7.48. The molecule has 148 valence electrons. The molecular weight excluding hydrogens is 535 g/mol. The summed E-state index contributed by atoms with van der Waals surface area (Å²) in [5.41, 5.74) is 1.53. The second-order valence-electron chi connectivity index (χ2n) is 6.62. The molecule has 3 N–H and O–H groups in total. The van der Waals surface area contributed by atoms with Crippen molar-refractivity contribution in [2.75, 3.05) is 13.6 Å². The number of benzene rings is 1. The molecule has 0 spiro atoms. The van der Waals surface area contributed by atoms with Crippen molar-refractivity contribution in [3.63, 3.8) is 0 Å². The highest BCUT2D eigenvalue weighted by molar-refractivity contribution is 14.0. The van der Waals surface area contributed by atoms with Crippen molar-refractivity contribution in [3.05, 3.63) is 58.5 Å². The van der Waals surface area contributed by atoms with E-state index in [0.29, 0.717) is 18.1 Å². The zero-order chi connectivity index (χ0) is 18.7. The van der Waals surface area contributed by atoms with Crippen LogP contribution in [0.3, 0.4) is 0 Å². The summed E-state index contributed by atoms with van der Waals surface area (Å²) >= 11 is 3.68. The summed E-state index contributed by atoms with van der Waals surface area (Å²) in [5.74, 6) is 2.65. The first-order valence-electron chi connectivity index (χ1n) is 8.85. The summed E-state index contributed by atoms with van der Waals surface area (Å²) < 4.78 is 6.48. The predicted octanol–water partition coefficient (Wildman–Crippen LogP) is 3.84. The van der Waals surface area contributed by atoms with Gasteiger partial charge in [-0.25, -0.2) is 4.98 Å². The van der Waals surface area contributed by atoms with Crippen LogP contribution in [-0.2, 0) is 12.0 Å². The normalized spacial score (nSPS) is 15.0. The first-order valence-corrected chi connectivity index (χ1v) is 9.64. The Morgan fingerprint density at radius 2 is 2.07 bits per heavy atom. The molecule has 0 amide bonds. The van der Waals surface area contributed by atoms with Gasteiger partial charge in [-0.2, -0.15) is 0 Å². The standard InChI is InChI=1S/C19H21BrN6O.HI/c1-21-18(22-11-16-24-17(26-25-16)15-7-4-10-27-15)23-12-19(8-9-19)13-5-2-3-6-14(13)20;/h2-7,10H,8-9,11-12H2,1H3,(H2,21,22,23)(H,24,25,26);1H. The topological polar surface area (TPSA) is 91.1 Å². The quantitative estimate of drug-likeness (QED) is 0.244. The zero-order valence-electron chi connectivity index (χ0n) is 15.4. The number of rotatable bonds is 6. The van der Waals surface area contributed by atoms with Gasteiger partial charge in [-0.3, -0.25) is 10.1 Å². The Bertz CT molecular complexity index is 936. The van der Waals surface area contributed by atoms with Gasteiger partial charge >= 0.3 is 0 Å². The first-order chi connectivity index (χ1) is 13.2. The van der Waals surface area contributed by atoms with Crippen LogP contribution in [0.15, 0.2) is 56.5 Å². The van der Waals surface area contributed by atoms with Gasteiger partial charge in [0.25, 0.3) is 0 Å². The molecule has 7 nitrogen and oxygen atoms in total. The van der Waals surface area contributed by atoms with Crippen molar-refractivity contribution >= 4 is 45.9 Å². The summed E-state index contributed by atoms with van der Waals surface area (Å²) in [6, 6.07) is 12.1. The Morgan fingerprint density at radius 1 is 1.25 bits per heavy atom. The Balaban J connectivity index is 0.00000225. The number of nitrogens with zero attached hydrogens (tertiary/aromatic N) is 3. The molecule has 28 heavy (non-hydrogen) atoms. The van der Waals surface area contributed by atoms with Gasteiger partial charge in [0.1, 0.15) is 5.82 Å². The summed E-state index contributed by atoms with van der Waals surface area (Å²) in [6.45, 7) is 1.33. The SMILES string of the molecule is CN=C(NCc1nc(-c2ccco2)n[nH]1)NCC1(c2ccccc2Br)CC1.I. The lowest BCUT2D eigenvalue weighted by atomic mass is 9.96. The van der Waals surface area contributed by atoms with Crippen molar-refractivity contribution in [2.45, 2.75) is 24.8 Å². The van der Waals surface area contributed by atoms with E-state index in [0.717, 1.165) is 18.3 Å². The molecule has 3 aromatic rings. The fraction of sp³-hybridized carbons (Fsp3) is 0.316. The number of aromatic nitrogens is 3. The van der Waals surface area contributed by atoms with Crippen LogP contribution in [0.2, 0.25) is 0 Å². The zero-order valence-corrected chi connectivity index (χ0v) is 19.3. The van der Waals surface area contributed by atoms with E-state index in [1.54, 1.807) is 13.3 Å². The van der Waals surface area contributed by atoms with Crippen molar-refractivity contribution in [1.82, 2.24) is 25.8 Å². The van der Waals surface area contributed by atoms with Crippen molar-refractivity contribution in [1.29, 1.82) is 0 Å². The number of aliphatic imine (C=N–C) groups is 1. The summed E-state index contributed by atoms with van der Waals surface area (Å²) in [7, 11) is 1.77. The molecule has 4 rings (SSSR count). The van der Waals surface area contributed by atoms with Gasteiger partial charge in [-0.1, -0.05) is 34.1 Å². The number of H-pyrrole nitrogens is 1. The van der Waals surface area contributed by atoms with Crippen LogP contribution in [0.25, 0.3) is 11.6 Å². The molecule has 0 unspecified atom stereocenters. The van der Waals surface area contributed by atoms with E-state index in [2.05, 4.69) is 64.9 Å². The van der Waals surface area contributed by atoms with Gasteiger partial charge in [0.05, 0.1) is 12.8 Å². The monoisotopic (exact) mass is 556 g/mol. The largest absolute Gasteiger partial charge is 0.461 e. The highest BCUT2D eigenvalue weighted by Gasteiger charge is 2.45. The molecule has 9 heteroatoms. The molecular formula is C19H22BrIN6O. The van der Waals surface area contributed by atoms with Gasteiger partial charge in [0.15, 0.2) is 11.7 Å². The van der Waals surface area contributed by atoms with E-state index in [-0.39, 0.29) is 29.4 Å². The van der Waals surface area contributed by atoms with E-state index in [9.17, 15) is 0 Å². The van der Waals surface area contributed by atoms with Gasteiger partial charge in [-0.15, -0.1) is 29.1 Å². The minimum Gasteiger partial charge on any atom is -0.461 e. The Kier molecular flexibility index (Phi) is 6.76. The van der Waals surface area contributed by atoms with E-state index in [1.165, 1.54) is 22.9 Å². The van der Waals surface area contributed by atoms with E-state index in [4.69, 9.17) is 4.42 Å². The Hall–Kier alpha value is -1.88. The van der Waals surface area contributed by atoms with Gasteiger partial charge in [-0.05, 0) is 36.6 Å². The van der Waals surface area contributed by atoms with Crippen LogP contribution in [0.1, 0.15) is 24.2 Å². The second kappa shape index (κ2) is 9.08. The van der Waals surface area contributed by atoms with E-state index < -0.39 is 0 Å². The lowest BCUT2D eigenvalue weighted by Gasteiger charge is -2.20. The molecule has 0 bridgehead atoms. The minimum absolute atomic E-state index is 0. The Morgan fingerprint density at radius 3 is 2.75 bits per heavy atom. The molecule has 1 aliphatic carbocycles. The maximum absolute atomic E-state index is 5.31. The van der Waals surface area contributed by atoms with Gasteiger partial charge in [0, 0.05) is 23.5 Å². The molecule has 1 saturated carbocycles. The molecule has 0 atom stereocenters. The molecule has 0 radical (unpaired) electrons. The minimum atomic E-state index is 0. The van der Waals surface area contributed by atoms with Gasteiger partial charge in [0.2, 0.25) is 5.82 Å². The van der Waals surface area contributed by atoms with Crippen molar-refractivity contribution in [2.24, 2.45) is 4.99 Å². The van der Waals surface area contributed by atoms with Crippen LogP contribution in [0.4, 0.5) is 0 Å². The lowest BCUT2D eigenvalue weighted by molar-refractivity contribution is 0.577. The fourth-order valence-corrected chi connectivity index (χ4v) is 3.82. The van der Waals surface area contributed by atoms with Crippen LogP contribution in [0.5, 0.6) is 0 Å². The third-order valence-corrected chi connectivity index (χ3v) is 5.50. The lowest BCUT2D eigenvalue weighted by Crippen LogP contribution is -2.41. The molecule has 0 saturated heterocycles. The average Bonchev–Trinajstić information content (AvgIpc) is 3.09. The van der Waals surface area contributed by atoms with E-state index in [1.807, 2.05) is 18.2 Å². The third kappa shape index (κ3) is 4.57. The maximum Gasteiger partial charge on any atom is 0.216 e. The van der Waals surface area contributed by atoms with Crippen molar-refractivity contribution < 1.29 is 4.42 Å². The van der Waals surface area contributed by atoms with Crippen LogP contribution >= 0.6 is 39.9 Å². The molecule has 1 aliphatic rings. The number of hydrogen-bond donors (Lipinski definition) is 3. The van der Waals surface area contributed by atoms with Gasteiger partial charge < -0.3 is 15.1 Å². The summed E-state index contributed by atoms with van der Waals surface area (Å²) in [6.07, 6.45) is 3.95. The molecule has 0 aliphatic heterocycles. The summed E-state index contributed by atoms with van der Waals surface area (Å²) in [5, 5.41) is 13.8. The van der Waals surface area contributed by atoms with E-state index >= 15 is 0 Å². The summed E-state index contributed by atoms with van der Waals surface area (Å²) in [4.78, 5) is 8.74. The number of furan rings is 1. The smallest absolute Gasteiger partial charge is 0.216 e. The number of guanidine groups is 1. The number of nitrogens with one attached hydrogen (secondary N) is 3. The molecule has 1 fully saturated rings. The first kappa shape index (κ1) is 20.8. The number of hydrogen-bond acceptors (Lipinski definition) is 4. The van der Waals surface area contributed by atoms with Crippen LogP contribution in [-0.4, -0.2) is 34.7 Å².